The molecular weight excluding hydrogens is 252 g/mol. The maximum absolute atomic E-state index is 12.1. The molecule has 1 aromatic rings. The van der Waals surface area contributed by atoms with E-state index in [1.165, 1.54) is 30.5 Å². The van der Waals surface area contributed by atoms with Crippen LogP contribution in [-0.2, 0) is 14.6 Å². The summed E-state index contributed by atoms with van der Waals surface area (Å²) >= 11 is 0. The molecule has 0 fully saturated rings. The van der Waals surface area contributed by atoms with E-state index in [9.17, 15) is 13.2 Å². The lowest BCUT2D eigenvalue weighted by atomic mass is 10.00. The Labute approximate surface area is 106 Å². The molecule has 5 heteroatoms. The lowest BCUT2D eigenvalue weighted by Gasteiger charge is -2.12. The Bertz CT molecular complexity index is 582. The Morgan fingerprint density at radius 2 is 1.89 bits per heavy atom. The van der Waals surface area contributed by atoms with Gasteiger partial charge in [-0.15, -0.1) is 0 Å². The van der Waals surface area contributed by atoms with Crippen LogP contribution in [0.2, 0.25) is 0 Å². The molecule has 0 saturated carbocycles. The molecule has 1 aliphatic heterocycles. The van der Waals surface area contributed by atoms with E-state index in [1.807, 2.05) is 0 Å². The van der Waals surface area contributed by atoms with Gasteiger partial charge < -0.3 is 4.74 Å². The molecule has 0 N–H and O–H groups in total. The molecular formula is C13H14O4S. The van der Waals surface area contributed by atoms with Gasteiger partial charge in [-0.1, -0.05) is 0 Å². The van der Waals surface area contributed by atoms with Crippen molar-refractivity contribution >= 4 is 15.6 Å². The molecule has 0 spiro atoms. The lowest BCUT2D eigenvalue weighted by molar-refractivity contribution is 0.101. The molecule has 4 nitrogen and oxygen atoms in total. The van der Waals surface area contributed by atoms with Crippen LogP contribution in [0.5, 0.6) is 0 Å². The summed E-state index contributed by atoms with van der Waals surface area (Å²) in [6, 6.07) is 5.97. The van der Waals surface area contributed by atoms with Crippen molar-refractivity contribution < 1.29 is 17.9 Å². The minimum Gasteiger partial charge on any atom is -0.501 e. The van der Waals surface area contributed by atoms with Crippen molar-refractivity contribution in [1.29, 1.82) is 0 Å². The molecule has 1 aliphatic rings. The van der Waals surface area contributed by atoms with Crippen LogP contribution in [0.1, 0.15) is 23.2 Å². The molecule has 18 heavy (non-hydrogen) atoms. The van der Waals surface area contributed by atoms with Gasteiger partial charge in [0.25, 0.3) is 0 Å². The molecule has 0 aromatic heterocycles. The van der Waals surface area contributed by atoms with E-state index in [1.54, 1.807) is 0 Å². The third kappa shape index (κ3) is 2.79. The topological polar surface area (TPSA) is 60.4 Å². The van der Waals surface area contributed by atoms with Crippen molar-refractivity contribution in [3.05, 3.63) is 41.7 Å². The van der Waals surface area contributed by atoms with Gasteiger partial charge in [-0.2, -0.15) is 0 Å². The van der Waals surface area contributed by atoms with Crippen molar-refractivity contribution in [2.75, 3.05) is 12.9 Å². The monoisotopic (exact) mass is 266 g/mol. The molecule has 0 unspecified atom stereocenters. The molecule has 96 valence electrons. The van der Waals surface area contributed by atoms with Gasteiger partial charge in [0.05, 0.1) is 17.8 Å². The first-order valence-electron chi connectivity index (χ1n) is 5.64. The zero-order valence-electron chi connectivity index (χ0n) is 10.0. The van der Waals surface area contributed by atoms with Gasteiger partial charge in [0.2, 0.25) is 0 Å². The first kappa shape index (κ1) is 12.8. The number of ketones is 1. The molecule has 2 rings (SSSR count). The minimum absolute atomic E-state index is 0.102. The summed E-state index contributed by atoms with van der Waals surface area (Å²) in [7, 11) is -3.22. The molecule has 1 heterocycles. The van der Waals surface area contributed by atoms with E-state index in [4.69, 9.17) is 4.74 Å². The van der Waals surface area contributed by atoms with Crippen molar-refractivity contribution in [2.24, 2.45) is 0 Å². The molecule has 0 radical (unpaired) electrons. The fraction of sp³-hybridized carbons (Fsp3) is 0.308. The van der Waals surface area contributed by atoms with Gasteiger partial charge in [-0.3, -0.25) is 4.79 Å². The minimum atomic E-state index is -3.22. The van der Waals surface area contributed by atoms with Crippen molar-refractivity contribution in [1.82, 2.24) is 0 Å². The molecule has 0 amide bonds. The molecule has 0 aliphatic carbocycles. The Kier molecular flexibility index (Phi) is 3.52. The average molecular weight is 266 g/mol. The Balaban J connectivity index is 2.24. The predicted molar refractivity (Wildman–Crippen MR) is 67.2 cm³/mol. The highest BCUT2D eigenvalue weighted by atomic mass is 32.2. The average Bonchev–Trinajstić information content (AvgIpc) is 2.38. The van der Waals surface area contributed by atoms with E-state index in [2.05, 4.69) is 0 Å². The van der Waals surface area contributed by atoms with E-state index >= 15 is 0 Å². The van der Waals surface area contributed by atoms with E-state index in [0.29, 0.717) is 24.2 Å². The molecule has 0 atom stereocenters. The maximum Gasteiger partial charge on any atom is 0.192 e. The van der Waals surface area contributed by atoms with Gasteiger partial charge in [0.15, 0.2) is 15.6 Å². The third-order valence-electron chi connectivity index (χ3n) is 2.77. The number of benzene rings is 1. The second-order valence-corrected chi connectivity index (χ2v) is 6.26. The van der Waals surface area contributed by atoms with Gasteiger partial charge >= 0.3 is 0 Å². The number of hydrogen-bond acceptors (Lipinski definition) is 4. The van der Waals surface area contributed by atoms with Crippen LogP contribution in [-0.4, -0.2) is 27.1 Å². The number of carbonyl (C=O) groups excluding carboxylic acids is 1. The van der Waals surface area contributed by atoms with Crippen LogP contribution in [0, 0.1) is 0 Å². The van der Waals surface area contributed by atoms with Crippen LogP contribution in [0.25, 0.3) is 0 Å². The summed E-state index contributed by atoms with van der Waals surface area (Å²) in [6.45, 7) is 0.643. The number of allylic oxidation sites excluding steroid dienone is 1. The van der Waals surface area contributed by atoms with E-state index in [0.717, 1.165) is 12.7 Å². The van der Waals surface area contributed by atoms with Gasteiger partial charge in [0.1, 0.15) is 0 Å². The zero-order chi connectivity index (χ0) is 13.2. The maximum atomic E-state index is 12.1. The van der Waals surface area contributed by atoms with Gasteiger partial charge in [-0.05, 0) is 37.1 Å². The number of carbonyl (C=O) groups is 1. The van der Waals surface area contributed by atoms with Crippen LogP contribution >= 0.6 is 0 Å². The highest BCUT2D eigenvalue weighted by molar-refractivity contribution is 7.90. The SMILES string of the molecule is CS(=O)(=O)c1ccc(C(=O)C2=COCCC2)cc1. The highest BCUT2D eigenvalue weighted by Gasteiger charge is 2.16. The summed E-state index contributed by atoms with van der Waals surface area (Å²) in [5, 5.41) is 0. The number of sulfone groups is 1. The summed E-state index contributed by atoms with van der Waals surface area (Å²) < 4.78 is 27.7. The Morgan fingerprint density at radius 3 is 2.39 bits per heavy atom. The quantitative estimate of drug-likeness (QED) is 0.785. The summed E-state index contributed by atoms with van der Waals surface area (Å²) in [4.78, 5) is 12.3. The third-order valence-corrected chi connectivity index (χ3v) is 3.90. The summed E-state index contributed by atoms with van der Waals surface area (Å²) in [5.41, 5.74) is 1.12. The number of ether oxygens (including phenoxy) is 1. The van der Waals surface area contributed by atoms with Crippen LogP contribution in [0.15, 0.2) is 41.0 Å². The second kappa shape index (κ2) is 4.94. The number of Topliss-reactive ketones (excluding diaryl/α,β-unsaturated/α-hetero) is 1. The van der Waals surface area contributed by atoms with E-state index < -0.39 is 9.84 Å². The first-order valence-corrected chi connectivity index (χ1v) is 7.53. The van der Waals surface area contributed by atoms with E-state index in [-0.39, 0.29) is 10.7 Å². The molecule has 1 aromatic carbocycles. The fourth-order valence-corrected chi connectivity index (χ4v) is 2.40. The van der Waals surface area contributed by atoms with Gasteiger partial charge in [-0.25, -0.2) is 8.42 Å². The normalized spacial score (nSPS) is 15.7. The summed E-state index contributed by atoms with van der Waals surface area (Å²) in [6.07, 6.45) is 4.17. The van der Waals surface area contributed by atoms with Crippen LogP contribution in [0.3, 0.4) is 0 Å². The fourth-order valence-electron chi connectivity index (χ4n) is 1.77. The summed E-state index contributed by atoms with van der Waals surface area (Å²) in [5.74, 6) is -0.102. The van der Waals surface area contributed by atoms with Gasteiger partial charge in [0, 0.05) is 17.4 Å². The molecule has 0 bridgehead atoms. The van der Waals surface area contributed by atoms with Crippen LogP contribution < -0.4 is 0 Å². The second-order valence-electron chi connectivity index (χ2n) is 4.24. The van der Waals surface area contributed by atoms with Crippen molar-refractivity contribution in [2.45, 2.75) is 17.7 Å². The number of rotatable bonds is 3. The number of hydrogen-bond donors (Lipinski definition) is 0. The van der Waals surface area contributed by atoms with Crippen molar-refractivity contribution in [3.8, 4) is 0 Å². The Hall–Kier alpha value is -1.62. The standard InChI is InChI=1S/C13H14O4S/c1-18(15,16)12-6-4-10(5-7-12)13(14)11-3-2-8-17-9-11/h4-7,9H,2-3,8H2,1H3. The first-order chi connectivity index (χ1) is 8.48. The Morgan fingerprint density at radius 1 is 1.22 bits per heavy atom. The largest absolute Gasteiger partial charge is 0.501 e. The highest BCUT2D eigenvalue weighted by Crippen LogP contribution is 2.18. The zero-order valence-corrected chi connectivity index (χ0v) is 10.9. The van der Waals surface area contributed by atoms with Crippen LogP contribution in [0.4, 0.5) is 0 Å². The lowest BCUT2D eigenvalue weighted by Crippen LogP contribution is -2.09. The van der Waals surface area contributed by atoms with Crippen molar-refractivity contribution in [3.63, 3.8) is 0 Å². The smallest absolute Gasteiger partial charge is 0.192 e. The predicted octanol–water partition coefficient (Wildman–Crippen LogP) is 1.97. The molecule has 0 saturated heterocycles.